The molecule has 0 unspecified atom stereocenters. The minimum absolute atomic E-state index is 0.191. The molecule has 0 amide bonds. The van der Waals surface area contributed by atoms with Gasteiger partial charge in [0.15, 0.2) is 0 Å². The maximum atomic E-state index is 10.2. The molecular weight excluding hydrogens is 136 g/mol. The van der Waals surface area contributed by atoms with E-state index >= 15 is 0 Å². The van der Waals surface area contributed by atoms with E-state index < -0.39 is 5.97 Å². The molecule has 0 heterocycles. The second kappa shape index (κ2) is 4.62. The standard InChI is InChI=1S/C6H13O4/c1-8-6(9-2,10-3)4-5-7/h4-5H2,1-3H3. The lowest BCUT2D eigenvalue weighted by Gasteiger charge is -2.27. The van der Waals surface area contributed by atoms with Crippen molar-refractivity contribution in [2.24, 2.45) is 0 Å². The van der Waals surface area contributed by atoms with Crippen LogP contribution >= 0.6 is 0 Å². The van der Waals surface area contributed by atoms with Crippen molar-refractivity contribution in [1.29, 1.82) is 0 Å². The van der Waals surface area contributed by atoms with Gasteiger partial charge in [0.2, 0.25) is 0 Å². The van der Waals surface area contributed by atoms with E-state index in [-0.39, 0.29) is 13.0 Å². The van der Waals surface area contributed by atoms with Crippen molar-refractivity contribution in [3.05, 3.63) is 0 Å². The summed E-state index contributed by atoms with van der Waals surface area (Å²) in [5.41, 5.74) is 0. The average molecular weight is 149 g/mol. The van der Waals surface area contributed by atoms with E-state index in [9.17, 15) is 5.11 Å². The number of hydrogen-bond acceptors (Lipinski definition) is 3. The van der Waals surface area contributed by atoms with Crippen LogP contribution < -0.4 is 0 Å². The number of rotatable bonds is 5. The normalized spacial score (nSPS) is 12.0. The van der Waals surface area contributed by atoms with E-state index in [0.29, 0.717) is 0 Å². The molecule has 0 aromatic carbocycles. The van der Waals surface area contributed by atoms with Crippen LogP contribution in [-0.4, -0.2) is 33.9 Å². The van der Waals surface area contributed by atoms with Crippen molar-refractivity contribution >= 4 is 0 Å². The molecule has 0 aliphatic heterocycles. The molecule has 0 bridgehead atoms. The smallest absolute Gasteiger partial charge is 0.284 e. The van der Waals surface area contributed by atoms with Crippen LogP contribution in [0.3, 0.4) is 0 Å². The van der Waals surface area contributed by atoms with E-state index in [1.54, 1.807) is 0 Å². The zero-order valence-corrected chi connectivity index (χ0v) is 6.55. The van der Waals surface area contributed by atoms with E-state index in [2.05, 4.69) is 0 Å². The Hall–Kier alpha value is -0.160. The van der Waals surface area contributed by atoms with Gasteiger partial charge in [-0.25, -0.2) is 5.11 Å². The molecule has 0 spiro atoms. The molecule has 0 atom stereocenters. The van der Waals surface area contributed by atoms with Crippen LogP contribution in [0.4, 0.5) is 0 Å². The molecule has 0 aliphatic carbocycles. The second-order valence-electron chi connectivity index (χ2n) is 1.75. The first-order valence-corrected chi connectivity index (χ1v) is 2.98. The SMILES string of the molecule is COC(CC[O])(OC)OC. The summed E-state index contributed by atoms with van der Waals surface area (Å²) in [5.74, 6) is -1.14. The zero-order chi connectivity index (χ0) is 8.04. The lowest BCUT2D eigenvalue weighted by Crippen LogP contribution is -2.36. The van der Waals surface area contributed by atoms with Gasteiger partial charge in [-0.05, 0) is 0 Å². The van der Waals surface area contributed by atoms with Crippen molar-refractivity contribution in [2.45, 2.75) is 12.4 Å². The van der Waals surface area contributed by atoms with Crippen molar-refractivity contribution in [2.75, 3.05) is 27.9 Å². The van der Waals surface area contributed by atoms with Crippen LogP contribution in [0, 0.1) is 0 Å². The van der Waals surface area contributed by atoms with Crippen LogP contribution in [0.15, 0.2) is 0 Å². The maximum Gasteiger partial charge on any atom is 0.284 e. The van der Waals surface area contributed by atoms with Gasteiger partial charge >= 0.3 is 0 Å². The van der Waals surface area contributed by atoms with Crippen molar-refractivity contribution in [1.82, 2.24) is 0 Å². The largest absolute Gasteiger partial charge is 0.331 e. The van der Waals surface area contributed by atoms with Crippen LogP contribution in [0.5, 0.6) is 0 Å². The lowest BCUT2D eigenvalue weighted by atomic mass is 10.4. The summed E-state index contributed by atoms with van der Waals surface area (Å²) in [5, 5.41) is 10.2. The highest BCUT2D eigenvalue weighted by atomic mass is 16.9. The van der Waals surface area contributed by atoms with Gasteiger partial charge in [-0.3, -0.25) is 0 Å². The highest BCUT2D eigenvalue weighted by Crippen LogP contribution is 2.15. The molecule has 4 nitrogen and oxygen atoms in total. The highest BCUT2D eigenvalue weighted by molar-refractivity contribution is 4.52. The van der Waals surface area contributed by atoms with Crippen molar-refractivity contribution < 1.29 is 19.3 Å². The molecule has 0 fully saturated rings. The molecule has 61 valence electrons. The van der Waals surface area contributed by atoms with Crippen LogP contribution in [-0.2, 0) is 19.3 Å². The first kappa shape index (κ1) is 9.84. The van der Waals surface area contributed by atoms with Gasteiger partial charge in [0.05, 0.1) is 13.0 Å². The summed E-state index contributed by atoms with van der Waals surface area (Å²) in [6.45, 7) is -0.282. The quantitative estimate of drug-likeness (QED) is 0.531. The second-order valence-corrected chi connectivity index (χ2v) is 1.75. The van der Waals surface area contributed by atoms with Crippen molar-refractivity contribution in [3.8, 4) is 0 Å². The molecule has 0 aromatic heterocycles. The summed E-state index contributed by atoms with van der Waals surface area (Å²) in [4.78, 5) is 0. The number of hydrogen-bond donors (Lipinski definition) is 0. The summed E-state index contributed by atoms with van der Waals surface area (Å²) in [6, 6.07) is 0. The Balaban J connectivity index is 3.87. The van der Waals surface area contributed by atoms with Gasteiger partial charge in [-0.15, -0.1) is 0 Å². The van der Waals surface area contributed by atoms with Gasteiger partial charge in [0.1, 0.15) is 0 Å². The fourth-order valence-corrected chi connectivity index (χ4v) is 0.681. The maximum absolute atomic E-state index is 10.2. The molecule has 0 aromatic rings. The molecule has 10 heavy (non-hydrogen) atoms. The minimum atomic E-state index is -1.14. The fourth-order valence-electron chi connectivity index (χ4n) is 0.681. The molecule has 1 radical (unpaired) electrons. The van der Waals surface area contributed by atoms with Crippen LogP contribution in [0.1, 0.15) is 6.42 Å². The summed E-state index contributed by atoms with van der Waals surface area (Å²) in [6.07, 6.45) is 0.191. The Morgan fingerprint density at radius 2 is 1.50 bits per heavy atom. The van der Waals surface area contributed by atoms with E-state index in [4.69, 9.17) is 14.2 Å². The third-order valence-corrected chi connectivity index (χ3v) is 1.34. The molecule has 0 rings (SSSR count). The topological polar surface area (TPSA) is 47.6 Å². The Kier molecular flexibility index (Phi) is 4.55. The van der Waals surface area contributed by atoms with Crippen LogP contribution in [0.2, 0.25) is 0 Å². The minimum Gasteiger partial charge on any atom is -0.331 e. The summed E-state index contributed by atoms with van der Waals surface area (Å²) < 4.78 is 14.5. The van der Waals surface area contributed by atoms with E-state index in [1.165, 1.54) is 21.3 Å². The predicted octanol–water partition coefficient (Wildman–Crippen LogP) is 0.400. The lowest BCUT2D eigenvalue weighted by molar-refractivity contribution is -0.357. The van der Waals surface area contributed by atoms with Crippen molar-refractivity contribution in [3.63, 3.8) is 0 Å². The van der Waals surface area contributed by atoms with Gasteiger partial charge < -0.3 is 14.2 Å². The monoisotopic (exact) mass is 149 g/mol. The number of ether oxygens (including phenoxy) is 3. The predicted molar refractivity (Wildman–Crippen MR) is 33.9 cm³/mol. The van der Waals surface area contributed by atoms with Gasteiger partial charge in [0, 0.05) is 21.3 Å². The Labute approximate surface area is 60.7 Å². The zero-order valence-electron chi connectivity index (χ0n) is 6.55. The molecule has 0 saturated heterocycles. The van der Waals surface area contributed by atoms with Gasteiger partial charge in [-0.2, -0.15) is 0 Å². The molecule has 0 aliphatic rings. The van der Waals surface area contributed by atoms with Gasteiger partial charge in [-0.1, -0.05) is 0 Å². The number of methoxy groups -OCH3 is 3. The molecular formula is C6H13O4. The Morgan fingerprint density at radius 1 is 1.10 bits per heavy atom. The molecule has 0 saturated carbocycles. The molecule has 4 heteroatoms. The summed E-state index contributed by atoms with van der Waals surface area (Å²) >= 11 is 0. The van der Waals surface area contributed by atoms with E-state index in [1.807, 2.05) is 0 Å². The summed E-state index contributed by atoms with van der Waals surface area (Å²) in [7, 11) is 4.30. The highest BCUT2D eigenvalue weighted by Gasteiger charge is 2.28. The van der Waals surface area contributed by atoms with E-state index in [0.717, 1.165) is 0 Å². The van der Waals surface area contributed by atoms with Crippen LogP contribution in [0.25, 0.3) is 0 Å². The third kappa shape index (κ3) is 2.22. The third-order valence-electron chi connectivity index (χ3n) is 1.34. The Bertz CT molecular complexity index is 71.6. The first-order valence-electron chi connectivity index (χ1n) is 2.98. The average Bonchev–Trinajstić information content (AvgIpc) is 2.01. The first-order chi connectivity index (χ1) is 4.74. The fraction of sp³-hybridized carbons (Fsp3) is 1.00. The molecule has 0 N–H and O–H groups in total. The Morgan fingerprint density at radius 3 is 1.60 bits per heavy atom. The van der Waals surface area contributed by atoms with Gasteiger partial charge in [0.25, 0.3) is 5.97 Å².